The first-order valence-corrected chi connectivity index (χ1v) is 6.95. The molecule has 1 heterocycles. The molecular formula is C15H21N3O3. The summed E-state index contributed by atoms with van der Waals surface area (Å²) in [6, 6.07) is 5.32. The van der Waals surface area contributed by atoms with Crippen LogP contribution in [0.25, 0.3) is 0 Å². The maximum atomic E-state index is 12.5. The van der Waals surface area contributed by atoms with Gasteiger partial charge in [-0.05, 0) is 38.0 Å². The van der Waals surface area contributed by atoms with E-state index in [9.17, 15) is 9.59 Å². The predicted octanol–water partition coefficient (Wildman–Crippen LogP) is 1.09. The van der Waals surface area contributed by atoms with Gasteiger partial charge in [-0.3, -0.25) is 14.5 Å². The van der Waals surface area contributed by atoms with Crippen LogP contribution in [0, 0.1) is 0 Å². The molecule has 6 nitrogen and oxygen atoms in total. The van der Waals surface area contributed by atoms with Crippen LogP contribution in [-0.2, 0) is 9.59 Å². The van der Waals surface area contributed by atoms with Gasteiger partial charge in [0.1, 0.15) is 12.3 Å². The normalized spacial score (nSPS) is 17.9. The van der Waals surface area contributed by atoms with Gasteiger partial charge < -0.3 is 16.2 Å². The molecule has 1 aromatic rings. The number of hydrogen-bond donors (Lipinski definition) is 2. The summed E-state index contributed by atoms with van der Waals surface area (Å²) >= 11 is 0. The second-order valence-corrected chi connectivity index (χ2v) is 5.71. The lowest BCUT2D eigenvalue weighted by Gasteiger charge is -2.38. The van der Waals surface area contributed by atoms with Gasteiger partial charge in [-0.25, -0.2) is 0 Å². The summed E-state index contributed by atoms with van der Waals surface area (Å²) in [6.45, 7) is 5.13. The molecule has 114 valence electrons. The lowest BCUT2D eigenvalue weighted by Crippen LogP contribution is -2.54. The van der Waals surface area contributed by atoms with Gasteiger partial charge in [0.05, 0.1) is 5.69 Å². The van der Waals surface area contributed by atoms with E-state index in [1.54, 1.807) is 26.0 Å². The van der Waals surface area contributed by atoms with Crippen LogP contribution in [0.5, 0.6) is 5.75 Å². The smallest absolute Gasteiger partial charge is 0.271 e. The number of nitrogens with zero attached hydrogens (tertiary/aromatic N) is 1. The van der Waals surface area contributed by atoms with E-state index in [-0.39, 0.29) is 18.5 Å². The van der Waals surface area contributed by atoms with Gasteiger partial charge in [0.2, 0.25) is 5.91 Å². The Kier molecular flexibility index (Phi) is 3.91. The minimum atomic E-state index is -1.03. The molecule has 6 heteroatoms. The maximum absolute atomic E-state index is 12.5. The van der Waals surface area contributed by atoms with Crippen molar-refractivity contribution in [3.63, 3.8) is 0 Å². The minimum absolute atomic E-state index is 0.129. The van der Waals surface area contributed by atoms with Crippen LogP contribution < -0.4 is 21.1 Å². The van der Waals surface area contributed by atoms with Crippen LogP contribution in [0.4, 0.5) is 5.69 Å². The van der Waals surface area contributed by atoms with Crippen LogP contribution >= 0.6 is 0 Å². The zero-order valence-corrected chi connectivity index (χ0v) is 12.6. The Morgan fingerprint density at radius 2 is 2.10 bits per heavy atom. The van der Waals surface area contributed by atoms with Gasteiger partial charge >= 0.3 is 0 Å². The topological polar surface area (TPSA) is 98.6 Å². The van der Waals surface area contributed by atoms with Gasteiger partial charge in [-0.2, -0.15) is 0 Å². The van der Waals surface area contributed by atoms with E-state index in [2.05, 4.69) is 0 Å². The maximum Gasteiger partial charge on any atom is 0.271 e. The van der Waals surface area contributed by atoms with E-state index >= 15 is 0 Å². The number of carbonyl (C=O) groups excluding carboxylic acids is 2. The van der Waals surface area contributed by atoms with E-state index in [0.29, 0.717) is 11.4 Å². The second-order valence-electron chi connectivity index (χ2n) is 5.71. The third-order valence-corrected chi connectivity index (χ3v) is 3.58. The molecule has 1 unspecified atom stereocenters. The fraction of sp³-hybridized carbons (Fsp3) is 0.467. The number of amides is 2. The van der Waals surface area contributed by atoms with Gasteiger partial charge in [-0.15, -0.1) is 0 Å². The Bertz CT molecular complexity index is 584. The molecule has 0 bridgehead atoms. The summed E-state index contributed by atoms with van der Waals surface area (Å²) < 4.78 is 5.73. The molecule has 0 saturated carbocycles. The molecule has 0 radical (unpaired) electrons. The third kappa shape index (κ3) is 2.85. The summed E-state index contributed by atoms with van der Waals surface area (Å²) in [5.41, 5.74) is 11.7. The highest BCUT2D eigenvalue weighted by atomic mass is 16.5. The highest BCUT2D eigenvalue weighted by Gasteiger charge is 2.41. The van der Waals surface area contributed by atoms with Crippen molar-refractivity contribution in [2.75, 3.05) is 11.4 Å². The van der Waals surface area contributed by atoms with Crippen molar-refractivity contribution < 1.29 is 14.3 Å². The Morgan fingerprint density at radius 3 is 2.67 bits per heavy atom. The molecule has 0 aromatic heterocycles. The number of primary amides is 1. The highest BCUT2D eigenvalue weighted by molar-refractivity contribution is 6.05. The molecule has 2 rings (SSSR count). The van der Waals surface area contributed by atoms with Crippen LogP contribution in [0.15, 0.2) is 18.2 Å². The summed E-state index contributed by atoms with van der Waals surface area (Å²) in [5.74, 6) is -0.318. The zero-order chi connectivity index (χ0) is 15.8. The average molecular weight is 291 g/mol. The predicted molar refractivity (Wildman–Crippen MR) is 79.9 cm³/mol. The number of fused-ring (bicyclic) bond motifs is 1. The van der Waals surface area contributed by atoms with E-state index in [4.69, 9.17) is 16.2 Å². The first kappa shape index (κ1) is 15.3. The van der Waals surface area contributed by atoms with Crippen molar-refractivity contribution in [1.82, 2.24) is 0 Å². The molecule has 1 aliphatic rings. The summed E-state index contributed by atoms with van der Waals surface area (Å²) in [4.78, 5) is 25.1. The van der Waals surface area contributed by atoms with E-state index < -0.39 is 11.5 Å². The lowest BCUT2D eigenvalue weighted by molar-refractivity contribution is -0.133. The van der Waals surface area contributed by atoms with Crippen molar-refractivity contribution >= 4 is 17.5 Å². The number of hydrogen-bond acceptors (Lipinski definition) is 4. The zero-order valence-electron chi connectivity index (χ0n) is 12.6. The monoisotopic (exact) mass is 291 g/mol. The Balaban J connectivity index is 2.51. The van der Waals surface area contributed by atoms with Gasteiger partial charge in [0, 0.05) is 6.04 Å². The van der Waals surface area contributed by atoms with Crippen molar-refractivity contribution in [3.05, 3.63) is 23.8 Å². The molecule has 0 spiro atoms. The van der Waals surface area contributed by atoms with Crippen molar-refractivity contribution in [3.8, 4) is 5.75 Å². The van der Waals surface area contributed by atoms with Gasteiger partial charge in [-0.1, -0.05) is 13.0 Å². The third-order valence-electron chi connectivity index (χ3n) is 3.58. The van der Waals surface area contributed by atoms with Crippen LogP contribution in [0.3, 0.4) is 0 Å². The fourth-order valence-corrected chi connectivity index (χ4v) is 2.36. The molecule has 1 atom stereocenters. The molecule has 21 heavy (non-hydrogen) atoms. The average Bonchev–Trinajstić information content (AvgIpc) is 2.42. The fourth-order valence-electron chi connectivity index (χ4n) is 2.36. The van der Waals surface area contributed by atoms with Crippen molar-refractivity contribution in [2.24, 2.45) is 11.5 Å². The summed E-state index contributed by atoms with van der Waals surface area (Å²) in [5, 5.41) is 0. The highest BCUT2D eigenvalue weighted by Crippen LogP contribution is 2.39. The Morgan fingerprint density at radius 1 is 1.43 bits per heavy atom. The number of rotatable bonds is 4. The lowest BCUT2D eigenvalue weighted by atomic mass is 10.00. The van der Waals surface area contributed by atoms with Crippen molar-refractivity contribution in [2.45, 2.75) is 38.8 Å². The first-order valence-electron chi connectivity index (χ1n) is 6.95. The molecule has 1 aliphatic heterocycles. The number of benzene rings is 1. The number of carbonyl (C=O) groups is 2. The summed E-state index contributed by atoms with van der Waals surface area (Å²) in [6.07, 6.45) is 0.773. The molecule has 1 aromatic carbocycles. The van der Waals surface area contributed by atoms with Crippen LogP contribution in [0.1, 0.15) is 38.8 Å². The largest absolute Gasteiger partial charge is 0.476 e. The van der Waals surface area contributed by atoms with E-state index in [1.807, 2.05) is 13.0 Å². The minimum Gasteiger partial charge on any atom is -0.476 e. The quantitative estimate of drug-likeness (QED) is 0.867. The van der Waals surface area contributed by atoms with E-state index in [1.165, 1.54) is 4.90 Å². The standard InChI is InChI=1S/C15H21N3O3/c1-4-10(16)9-5-6-12-11(7-9)18(8-13(17)19)14(20)15(2,3)21-12/h5-7,10H,4,8,16H2,1-3H3,(H2,17,19). The Labute approximate surface area is 124 Å². The number of anilines is 1. The molecule has 2 amide bonds. The molecule has 0 aliphatic carbocycles. The second kappa shape index (κ2) is 5.37. The Hall–Kier alpha value is -2.08. The number of nitrogens with two attached hydrogens (primary N) is 2. The first-order chi connectivity index (χ1) is 9.76. The molecule has 0 saturated heterocycles. The SMILES string of the molecule is CCC(N)c1ccc2c(c1)N(CC(N)=O)C(=O)C(C)(C)O2. The van der Waals surface area contributed by atoms with Gasteiger partial charge in [0.15, 0.2) is 5.60 Å². The number of ether oxygens (including phenoxy) is 1. The molecule has 4 N–H and O–H groups in total. The summed E-state index contributed by atoms with van der Waals surface area (Å²) in [7, 11) is 0. The van der Waals surface area contributed by atoms with Crippen LogP contribution in [-0.4, -0.2) is 24.0 Å². The van der Waals surface area contributed by atoms with E-state index in [0.717, 1.165) is 12.0 Å². The van der Waals surface area contributed by atoms with Crippen LogP contribution in [0.2, 0.25) is 0 Å². The van der Waals surface area contributed by atoms with Gasteiger partial charge in [0.25, 0.3) is 5.91 Å². The molecule has 0 fully saturated rings. The van der Waals surface area contributed by atoms with Crippen molar-refractivity contribution in [1.29, 1.82) is 0 Å². The molecular weight excluding hydrogens is 270 g/mol.